The molecule has 0 fully saturated rings. The van der Waals surface area contributed by atoms with Crippen LogP contribution in [0.25, 0.3) is 0 Å². The minimum absolute atomic E-state index is 0.477. The second-order valence-electron chi connectivity index (χ2n) is 3.48. The van der Waals surface area contributed by atoms with Gasteiger partial charge < -0.3 is 10.6 Å². The lowest BCUT2D eigenvalue weighted by molar-refractivity contribution is 0.577. The molecule has 1 aromatic heterocycles. The van der Waals surface area contributed by atoms with E-state index in [1.165, 1.54) is 0 Å². The van der Waals surface area contributed by atoms with Crippen molar-refractivity contribution in [3.05, 3.63) is 17.8 Å². The zero-order valence-corrected chi connectivity index (χ0v) is 9.04. The Labute approximate surface area is 85.1 Å². The first-order valence-corrected chi connectivity index (χ1v) is 5.02. The summed E-state index contributed by atoms with van der Waals surface area (Å²) in [7, 11) is 0. The van der Waals surface area contributed by atoms with Crippen LogP contribution in [0, 0.1) is 0 Å². The Morgan fingerprint density at radius 2 is 2.07 bits per heavy atom. The van der Waals surface area contributed by atoms with Crippen molar-refractivity contribution in [1.29, 1.82) is 0 Å². The molecule has 0 saturated carbocycles. The van der Waals surface area contributed by atoms with Crippen molar-refractivity contribution in [3.63, 3.8) is 0 Å². The molecule has 1 rings (SSSR count). The molecule has 0 aliphatic rings. The minimum Gasteiger partial charge on any atom is -0.369 e. The number of nitrogens with zero attached hydrogens (tertiary/aromatic N) is 2. The Morgan fingerprint density at radius 3 is 2.57 bits per heavy atom. The summed E-state index contributed by atoms with van der Waals surface area (Å²) >= 11 is 0. The summed E-state index contributed by atoms with van der Waals surface area (Å²) < 4.78 is 0. The average molecular weight is 194 g/mol. The summed E-state index contributed by atoms with van der Waals surface area (Å²) in [6, 6.07) is 4.42. The maximum absolute atomic E-state index is 4.09. The zero-order valence-electron chi connectivity index (χ0n) is 9.04. The van der Waals surface area contributed by atoms with Gasteiger partial charge in [-0.3, -0.25) is 0 Å². The highest BCUT2D eigenvalue weighted by molar-refractivity contribution is 5.32. The molecule has 2 N–H and O–H groups in total. The normalized spacial score (nSPS) is 10.6. The van der Waals surface area contributed by atoms with Crippen LogP contribution in [-0.2, 0) is 6.54 Å². The average Bonchev–Trinajstić information content (AvgIpc) is 2.17. The van der Waals surface area contributed by atoms with E-state index in [0.717, 1.165) is 24.6 Å². The molecule has 0 amide bonds. The lowest BCUT2D eigenvalue weighted by atomic mass is 10.3. The third kappa shape index (κ3) is 3.70. The van der Waals surface area contributed by atoms with E-state index in [9.17, 15) is 0 Å². The largest absolute Gasteiger partial charge is 0.369 e. The minimum atomic E-state index is 0.477. The summed E-state index contributed by atoms with van der Waals surface area (Å²) in [5.41, 5.74) is 0.973. The highest BCUT2D eigenvalue weighted by atomic mass is 15.2. The van der Waals surface area contributed by atoms with Crippen molar-refractivity contribution < 1.29 is 0 Å². The number of hydrogen-bond donors (Lipinski definition) is 2. The lowest BCUT2D eigenvalue weighted by Gasteiger charge is -2.07. The van der Waals surface area contributed by atoms with Crippen molar-refractivity contribution >= 4 is 5.82 Å². The van der Waals surface area contributed by atoms with Crippen LogP contribution in [0.5, 0.6) is 0 Å². The molecule has 14 heavy (non-hydrogen) atoms. The van der Waals surface area contributed by atoms with E-state index >= 15 is 0 Å². The van der Waals surface area contributed by atoms with Gasteiger partial charge in [0.1, 0.15) is 5.82 Å². The van der Waals surface area contributed by atoms with E-state index < -0.39 is 0 Å². The molecule has 4 heteroatoms. The van der Waals surface area contributed by atoms with Gasteiger partial charge in [0.2, 0.25) is 0 Å². The van der Waals surface area contributed by atoms with Gasteiger partial charge in [0.05, 0.1) is 5.69 Å². The fraction of sp³-hybridized carbons (Fsp3) is 0.600. The number of nitrogens with one attached hydrogen (secondary N) is 2. The van der Waals surface area contributed by atoms with E-state index in [2.05, 4.69) is 34.7 Å². The molecular weight excluding hydrogens is 176 g/mol. The van der Waals surface area contributed by atoms with Crippen LogP contribution in [0.2, 0.25) is 0 Å². The first-order chi connectivity index (χ1) is 6.72. The molecule has 1 aromatic rings. The van der Waals surface area contributed by atoms with Crippen molar-refractivity contribution in [1.82, 2.24) is 15.5 Å². The van der Waals surface area contributed by atoms with E-state index in [1.807, 2.05) is 19.1 Å². The topological polar surface area (TPSA) is 49.8 Å². The van der Waals surface area contributed by atoms with E-state index in [1.54, 1.807) is 0 Å². The lowest BCUT2D eigenvalue weighted by Crippen LogP contribution is -2.22. The van der Waals surface area contributed by atoms with Gasteiger partial charge in [0.15, 0.2) is 0 Å². The predicted molar refractivity (Wildman–Crippen MR) is 58.2 cm³/mol. The molecule has 0 radical (unpaired) electrons. The standard InChI is InChI=1S/C10H18N4/c1-4-11-10-6-5-9(13-14-10)7-12-8(2)3/h5-6,8,12H,4,7H2,1-3H3,(H,11,14). The van der Waals surface area contributed by atoms with Crippen molar-refractivity contribution in [3.8, 4) is 0 Å². The van der Waals surface area contributed by atoms with Gasteiger partial charge in [-0.1, -0.05) is 13.8 Å². The maximum atomic E-state index is 4.09. The molecule has 0 spiro atoms. The van der Waals surface area contributed by atoms with Crippen LogP contribution in [0.1, 0.15) is 26.5 Å². The maximum Gasteiger partial charge on any atom is 0.148 e. The number of hydrogen-bond acceptors (Lipinski definition) is 4. The summed E-state index contributed by atoms with van der Waals surface area (Å²) in [4.78, 5) is 0. The Balaban J connectivity index is 2.46. The Kier molecular flexibility index (Phi) is 4.32. The molecule has 0 aromatic carbocycles. The molecule has 1 heterocycles. The van der Waals surface area contributed by atoms with E-state index in [4.69, 9.17) is 0 Å². The smallest absolute Gasteiger partial charge is 0.148 e. The van der Waals surface area contributed by atoms with Crippen LogP contribution in [-0.4, -0.2) is 22.8 Å². The Hall–Kier alpha value is -1.16. The molecule has 0 atom stereocenters. The highest BCUT2D eigenvalue weighted by Gasteiger charge is 1.97. The number of anilines is 1. The van der Waals surface area contributed by atoms with Crippen molar-refractivity contribution in [2.24, 2.45) is 0 Å². The van der Waals surface area contributed by atoms with Crippen LogP contribution in [0.15, 0.2) is 12.1 Å². The van der Waals surface area contributed by atoms with Crippen LogP contribution in [0.3, 0.4) is 0 Å². The molecule has 0 aliphatic carbocycles. The second kappa shape index (κ2) is 5.54. The fourth-order valence-corrected chi connectivity index (χ4v) is 1.04. The molecule has 0 aliphatic heterocycles. The number of aromatic nitrogens is 2. The van der Waals surface area contributed by atoms with Gasteiger partial charge >= 0.3 is 0 Å². The molecule has 0 unspecified atom stereocenters. The van der Waals surface area contributed by atoms with Crippen molar-refractivity contribution in [2.75, 3.05) is 11.9 Å². The van der Waals surface area contributed by atoms with E-state index in [-0.39, 0.29) is 0 Å². The summed E-state index contributed by atoms with van der Waals surface area (Å²) in [5, 5.41) is 14.5. The third-order valence-electron chi connectivity index (χ3n) is 1.77. The summed E-state index contributed by atoms with van der Waals surface area (Å²) in [6.45, 7) is 7.91. The summed E-state index contributed by atoms with van der Waals surface area (Å²) in [6.07, 6.45) is 0. The summed E-state index contributed by atoms with van der Waals surface area (Å²) in [5.74, 6) is 0.834. The van der Waals surface area contributed by atoms with Gasteiger partial charge in [-0.05, 0) is 19.1 Å². The molecule has 4 nitrogen and oxygen atoms in total. The van der Waals surface area contributed by atoms with Gasteiger partial charge in [-0.15, -0.1) is 5.10 Å². The zero-order chi connectivity index (χ0) is 10.4. The third-order valence-corrected chi connectivity index (χ3v) is 1.77. The van der Waals surface area contributed by atoms with Crippen LogP contribution in [0.4, 0.5) is 5.82 Å². The molecule has 78 valence electrons. The highest BCUT2D eigenvalue weighted by Crippen LogP contribution is 2.01. The quantitative estimate of drug-likeness (QED) is 0.744. The molecular formula is C10H18N4. The first kappa shape index (κ1) is 10.9. The molecule has 0 saturated heterocycles. The van der Waals surface area contributed by atoms with Gasteiger partial charge in [0, 0.05) is 19.1 Å². The van der Waals surface area contributed by atoms with Crippen LogP contribution >= 0.6 is 0 Å². The van der Waals surface area contributed by atoms with E-state index in [0.29, 0.717) is 6.04 Å². The van der Waals surface area contributed by atoms with Gasteiger partial charge in [0.25, 0.3) is 0 Å². The first-order valence-electron chi connectivity index (χ1n) is 5.02. The Morgan fingerprint density at radius 1 is 1.29 bits per heavy atom. The second-order valence-corrected chi connectivity index (χ2v) is 3.48. The van der Waals surface area contributed by atoms with Gasteiger partial charge in [-0.2, -0.15) is 5.10 Å². The monoisotopic (exact) mass is 194 g/mol. The fourth-order valence-electron chi connectivity index (χ4n) is 1.04. The van der Waals surface area contributed by atoms with Crippen LogP contribution < -0.4 is 10.6 Å². The van der Waals surface area contributed by atoms with Crippen molar-refractivity contribution in [2.45, 2.75) is 33.4 Å². The predicted octanol–water partition coefficient (Wildman–Crippen LogP) is 1.41. The molecule has 0 bridgehead atoms. The number of rotatable bonds is 5. The Bertz CT molecular complexity index is 255. The van der Waals surface area contributed by atoms with Gasteiger partial charge in [-0.25, -0.2) is 0 Å². The SMILES string of the molecule is CCNc1ccc(CNC(C)C)nn1.